The van der Waals surface area contributed by atoms with Gasteiger partial charge in [0.15, 0.2) is 0 Å². The quantitative estimate of drug-likeness (QED) is 0.799. The van der Waals surface area contributed by atoms with Crippen LogP contribution in [0.25, 0.3) is 0 Å². The zero-order valence-electron chi connectivity index (χ0n) is 12.4. The lowest BCUT2D eigenvalue weighted by atomic mass is 10.3. The molecule has 0 aliphatic heterocycles. The molecule has 0 fully saturated rings. The first-order valence-electron chi connectivity index (χ1n) is 7.09. The Bertz CT molecular complexity index is 558. The summed E-state index contributed by atoms with van der Waals surface area (Å²) in [6.45, 7) is 9.51. The topological polar surface area (TPSA) is 47.7 Å². The number of hydrogen-bond donors (Lipinski definition) is 1. The van der Waals surface area contributed by atoms with E-state index in [1.54, 1.807) is 0 Å². The Hall–Kier alpha value is -1.33. The molecule has 0 amide bonds. The summed E-state index contributed by atoms with van der Waals surface area (Å²) in [6.07, 6.45) is 5.09. The summed E-state index contributed by atoms with van der Waals surface area (Å²) in [5.41, 5.74) is 3.08. The largest absolute Gasteiger partial charge is 0.313 e. The monoisotopic (exact) mass is 295 g/mol. The third-order valence-electron chi connectivity index (χ3n) is 3.21. The fourth-order valence-corrected chi connectivity index (χ4v) is 2.36. The molecule has 0 aromatic carbocycles. The van der Waals surface area contributed by atoms with Gasteiger partial charge in [0.05, 0.1) is 29.2 Å². The number of aryl methyl sites for hydroxylation is 2. The predicted octanol–water partition coefficient (Wildman–Crippen LogP) is 2.61. The van der Waals surface area contributed by atoms with Crippen LogP contribution in [0.15, 0.2) is 12.4 Å². The van der Waals surface area contributed by atoms with Crippen LogP contribution < -0.4 is 5.32 Å². The minimum Gasteiger partial charge on any atom is -0.313 e. The SMILES string of the molecule is CCCNCc1cnn(Cc2c(Cl)c(C)nn2CC)c1. The zero-order valence-corrected chi connectivity index (χ0v) is 13.1. The molecule has 0 bridgehead atoms. The second kappa shape index (κ2) is 6.90. The second-order valence-corrected chi connectivity index (χ2v) is 5.26. The minimum atomic E-state index is 0.654. The maximum Gasteiger partial charge on any atom is 0.0866 e. The van der Waals surface area contributed by atoms with Crippen LogP contribution in [-0.2, 0) is 19.6 Å². The maximum atomic E-state index is 6.32. The summed E-state index contributed by atoms with van der Waals surface area (Å²) in [7, 11) is 0. The third kappa shape index (κ3) is 3.41. The molecule has 2 heterocycles. The van der Waals surface area contributed by atoms with E-state index in [4.69, 9.17) is 11.6 Å². The van der Waals surface area contributed by atoms with Crippen LogP contribution in [0, 0.1) is 6.92 Å². The number of aromatic nitrogens is 4. The van der Waals surface area contributed by atoms with Crippen LogP contribution in [0.1, 0.15) is 37.2 Å². The van der Waals surface area contributed by atoms with Gasteiger partial charge >= 0.3 is 0 Å². The Morgan fingerprint density at radius 3 is 2.85 bits per heavy atom. The summed E-state index contributed by atoms with van der Waals surface area (Å²) in [4.78, 5) is 0. The molecule has 2 aromatic heterocycles. The van der Waals surface area contributed by atoms with E-state index in [2.05, 4.69) is 35.6 Å². The first-order valence-corrected chi connectivity index (χ1v) is 7.47. The predicted molar refractivity (Wildman–Crippen MR) is 81.0 cm³/mol. The zero-order chi connectivity index (χ0) is 14.5. The van der Waals surface area contributed by atoms with Crippen molar-refractivity contribution in [3.8, 4) is 0 Å². The molecule has 0 radical (unpaired) electrons. The molecule has 0 saturated heterocycles. The molecular formula is C14H22ClN5. The molecule has 20 heavy (non-hydrogen) atoms. The van der Waals surface area contributed by atoms with Crippen molar-refractivity contribution < 1.29 is 0 Å². The van der Waals surface area contributed by atoms with E-state index in [1.165, 1.54) is 5.56 Å². The van der Waals surface area contributed by atoms with Gasteiger partial charge in [-0.25, -0.2) is 0 Å². The molecule has 2 aromatic rings. The van der Waals surface area contributed by atoms with Gasteiger partial charge in [0.1, 0.15) is 0 Å². The average Bonchev–Trinajstić information content (AvgIpc) is 2.99. The molecule has 5 nitrogen and oxygen atoms in total. The molecule has 0 spiro atoms. The van der Waals surface area contributed by atoms with Crippen molar-refractivity contribution in [2.45, 2.75) is 46.8 Å². The van der Waals surface area contributed by atoms with Crippen molar-refractivity contribution in [1.29, 1.82) is 0 Å². The van der Waals surface area contributed by atoms with Crippen LogP contribution in [0.2, 0.25) is 5.02 Å². The number of halogens is 1. The molecule has 1 N–H and O–H groups in total. The Balaban J connectivity index is 2.07. The Kier molecular flexibility index (Phi) is 5.20. The molecule has 6 heteroatoms. The van der Waals surface area contributed by atoms with E-state index < -0.39 is 0 Å². The summed E-state index contributed by atoms with van der Waals surface area (Å²) in [5.74, 6) is 0. The minimum absolute atomic E-state index is 0.654. The molecule has 110 valence electrons. The lowest BCUT2D eigenvalue weighted by Gasteiger charge is -2.05. The smallest absolute Gasteiger partial charge is 0.0866 e. The maximum absolute atomic E-state index is 6.32. The van der Waals surface area contributed by atoms with Crippen molar-refractivity contribution >= 4 is 11.6 Å². The highest BCUT2D eigenvalue weighted by molar-refractivity contribution is 6.31. The van der Waals surface area contributed by atoms with E-state index >= 15 is 0 Å². The summed E-state index contributed by atoms with van der Waals surface area (Å²) in [6, 6.07) is 0. The highest BCUT2D eigenvalue weighted by Crippen LogP contribution is 2.21. The van der Waals surface area contributed by atoms with Gasteiger partial charge in [-0.3, -0.25) is 9.36 Å². The Morgan fingerprint density at radius 1 is 1.35 bits per heavy atom. The highest BCUT2D eigenvalue weighted by Gasteiger charge is 2.13. The van der Waals surface area contributed by atoms with Crippen molar-refractivity contribution in [1.82, 2.24) is 24.9 Å². The number of nitrogens with zero attached hydrogens (tertiary/aromatic N) is 4. The van der Waals surface area contributed by atoms with Gasteiger partial charge in [0, 0.05) is 24.8 Å². The number of nitrogens with one attached hydrogen (secondary N) is 1. The van der Waals surface area contributed by atoms with Gasteiger partial charge in [-0.15, -0.1) is 0 Å². The standard InChI is InChI=1S/C14H22ClN5/c1-4-6-16-7-12-8-17-19(9-12)10-13-14(15)11(3)18-20(13)5-2/h8-9,16H,4-7,10H2,1-3H3. The van der Waals surface area contributed by atoms with E-state index in [0.717, 1.165) is 42.5 Å². The first kappa shape index (κ1) is 15.1. The van der Waals surface area contributed by atoms with Crippen LogP contribution in [-0.4, -0.2) is 26.1 Å². The molecule has 0 atom stereocenters. The van der Waals surface area contributed by atoms with Gasteiger partial charge in [0.25, 0.3) is 0 Å². The summed E-state index contributed by atoms with van der Waals surface area (Å²) < 4.78 is 3.85. The van der Waals surface area contributed by atoms with Gasteiger partial charge < -0.3 is 5.32 Å². The van der Waals surface area contributed by atoms with Gasteiger partial charge in [-0.05, 0) is 26.8 Å². The van der Waals surface area contributed by atoms with Crippen molar-refractivity contribution in [2.75, 3.05) is 6.54 Å². The molecular weight excluding hydrogens is 274 g/mol. The van der Waals surface area contributed by atoms with Gasteiger partial charge in [0.2, 0.25) is 0 Å². The summed E-state index contributed by atoms with van der Waals surface area (Å²) in [5, 5.41) is 12.9. The normalized spacial score (nSPS) is 11.2. The average molecular weight is 296 g/mol. The fourth-order valence-electron chi connectivity index (χ4n) is 2.17. The van der Waals surface area contributed by atoms with Crippen molar-refractivity contribution in [3.63, 3.8) is 0 Å². The number of rotatable bonds is 7. The third-order valence-corrected chi connectivity index (χ3v) is 3.70. The Morgan fingerprint density at radius 2 is 2.15 bits per heavy atom. The van der Waals surface area contributed by atoms with Gasteiger partial charge in [-0.1, -0.05) is 18.5 Å². The Labute approximate surface area is 124 Å². The van der Waals surface area contributed by atoms with Crippen LogP contribution in [0.4, 0.5) is 0 Å². The van der Waals surface area contributed by atoms with Crippen molar-refractivity contribution in [2.24, 2.45) is 0 Å². The van der Waals surface area contributed by atoms with Crippen LogP contribution >= 0.6 is 11.6 Å². The molecule has 2 rings (SSSR count). The van der Waals surface area contributed by atoms with E-state index in [0.29, 0.717) is 6.54 Å². The lowest BCUT2D eigenvalue weighted by Crippen LogP contribution is -2.13. The molecule has 0 unspecified atom stereocenters. The van der Waals surface area contributed by atoms with Gasteiger partial charge in [-0.2, -0.15) is 10.2 Å². The molecule has 0 aliphatic rings. The van der Waals surface area contributed by atoms with Crippen molar-refractivity contribution in [3.05, 3.63) is 34.4 Å². The molecule has 0 saturated carbocycles. The highest BCUT2D eigenvalue weighted by atomic mass is 35.5. The second-order valence-electron chi connectivity index (χ2n) is 4.88. The van der Waals surface area contributed by atoms with E-state index in [9.17, 15) is 0 Å². The van der Waals surface area contributed by atoms with E-state index in [-0.39, 0.29) is 0 Å². The summed E-state index contributed by atoms with van der Waals surface area (Å²) >= 11 is 6.32. The number of hydrogen-bond acceptors (Lipinski definition) is 3. The van der Waals surface area contributed by atoms with Crippen LogP contribution in [0.3, 0.4) is 0 Å². The fraction of sp³-hybridized carbons (Fsp3) is 0.571. The van der Waals surface area contributed by atoms with Crippen LogP contribution in [0.5, 0.6) is 0 Å². The lowest BCUT2D eigenvalue weighted by molar-refractivity contribution is 0.575. The first-order chi connectivity index (χ1) is 9.65. The molecule has 0 aliphatic carbocycles. The van der Waals surface area contributed by atoms with E-state index in [1.807, 2.05) is 22.5 Å².